The predicted octanol–water partition coefficient (Wildman–Crippen LogP) is 3.15. The van der Waals surface area contributed by atoms with Gasteiger partial charge in [0.25, 0.3) is 0 Å². The monoisotopic (exact) mass is 343 g/mol. The van der Waals surface area contributed by atoms with Crippen LogP contribution in [0.5, 0.6) is 0 Å². The number of morpholine rings is 1. The second-order valence-electron chi connectivity index (χ2n) is 7.04. The standard InChI is InChI=1S/C20H25NO4/c22-20(25-12-15-4-2-1-3-5-15)21-18-10-17(11-19(21)14-24-13-18)16-6-8-23-9-7-16/h1-5,10,16,18-19H,6-9,11-14H2. The largest absolute Gasteiger partial charge is 0.445 e. The van der Waals surface area contributed by atoms with Crippen LogP contribution in [0, 0.1) is 5.92 Å². The van der Waals surface area contributed by atoms with E-state index in [1.165, 1.54) is 5.57 Å². The number of hydrogen-bond acceptors (Lipinski definition) is 4. The summed E-state index contributed by atoms with van der Waals surface area (Å²) in [5.41, 5.74) is 2.49. The van der Waals surface area contributed by atoms with Crippen molar-refractivity contribution in [1.82, 2.24) is 4.90 Å². The zero-order valence-corrected chi connectivity index (χ0v) is 14.4. The van der Waals surface area contributed by atoms with E-state index >= 15 is 0 Å². The van der Waals surface area contributed by atoms with E-state index in [1.54, 1.807) is 0 Å². The van der Waals surface area contributed by atoms with Crippen molar-refractivity contribution in [3.63, 3.8) is 0 Å². The Morgan fingerprint density at radius 3 is 2.68 bits per heavy atom. The molecule has 4 rings (SSSR count). The van der Waals surface area contributed by atoms with Crippen molar-refractivity contribution in [3.05, 3.63) is 47.5 Å². The number of ether oxygens (including phenoxy) is 3. The Bertz CT molecular complexity index is 624. The molecule has 2 fully saturated rings. The van der Waals surface area contributed by atoms with Gasteiger partial charge in [0, 0.05) is 13.2 Å². The Balaban J connectivity index is 1.43. The molecule has 0 radical (unpaired) electrons. The van der Waals surface area contributed by atoms with Gasteiger partial charge in [0.05, 0.1) is 25.3 Å². The van der Waals surface area contributed by atoms with Crippen molar-refractivity contribution in [2.24, 2.45) is 5.92 Å². The zero-order valence-electron chi connectivity index (χ0n) is 14.4. The van der Waals surface area contributed by atoms with E-state index < -0.39 is 0 Å². The van der Waals surface area contributed by atoms with Crippen LogP contribution in [0.4, 0.5) is 4.79 Å². The van der Waals surface area contributed by atoms with Crippen LogP contribution in [0.15, 0.2) is 42.0 Å². The van der Waals surface area contributed by atoms with Crippen molar-refractivity contribution >= 4 is 6.09 Å². The maximum Gasteiger partial charge on any atom is 0.411 e. The second kappa shape index (κ2) is 7.58. The smallest absolute Gasteiger partial charge is 0.411 e. The molecule has 0 saturated carbocycles. The highest BCUT2D eigenvalue weighted by Crippen LogP contribution is 2.35. The Kier molecular flexibility index (Phi) is 5.04. The molecule has 25 heavy (non-hydrogen) atoms. The molecule has 1 aromatic rings. The summed E-state index contributed by atoms with van der Waals surface area (Å²) >= 11 is 0. The van der Waals surface area contributed by atoms with E-state index in [9.17, 15) is 4.79 Å². The summed E-state index contributed by atoms with van der Waals surface area (Å²) in [6.45, 7) is 3.15. The highest BCUT2D eigenvalue weighted by Gasteiger charge is 2.40. The Labute approximate surface area is 148 Å². The van der Waals surface area contributed by atoms with Gasteiger partial charge in [0.1, 0.15) is 6.61 Å². The summed E-state index contributed by atoms with van der Waals surface area (Å²) in [6, 6.07) is 9.89. The lowest BCUT2D eigenvalue weighted by Crippen LogP contribution is -2.57. The summed E-state index contributed by atoms with van der Waals surface area (Å²) in [6.07, 6.45) is 5.08. The van der Waals surface area contributed by atoms with Gasteiger partial charge in [0.15, 0.2) is 0 Å². The molecule has 0 aliphatic carbocycles. The van der Waals surface area contributed by atoms with Crippen LogP contribution in [0.25, 0.3) is 0 Å². The van der Waals surface area contributed by atoms with Gasteiger partial charge in [-0.3, -0.25) is 4.90 Å². The molecule has 0 N–H and O–H groups in total. The first-order valence-corrected chi connectivity index (χ1v) is 9.16. The van der Waals surface area contributed by atoms with E-state index in [4.69, 9.17) is 14.2 Å². The predicted molar refractivity (Wildman–Crippen MR) is 93.1 cm³/mol. The van der Waals surface area contributed by atoms with Crippen LogP contribution in [0.2, 0.25) is 0 Å². The molecule has 3 aliphatic heterocycles. The van der Waals surface area contributed by atoms with Crippen LogP contribution < -0.4 is 0 Å². The lowest BCUT2D eigenvalue weighted by atomic mass is 9.82. The molecule has 2 unspecified atom stereocenters. The number of benzene rings is 1. The molecule has 5 heteroatoms. The van der Waals surface area contributed by atoms with Crippen LogP contribution in [0.3, 0.4) is 0 Å². The summed E-state index contributed by atoms with van der Waals surface area (Å²) in [7, 11) is 0. The van der Waals surface area contributed by atoms with Gasteiger partial charge < -0.3 is 14.2 Å². The lowest BCUT2D eigenvalue weighted by Gasteiger charge is -2.45. The van der Waals surface area contributed by atoms with Crippen molar-refractivity contribution in [3.8, 4) is 0 Å². The fraction of sp³-hybridized carbons (Fsp3) is 0.550. The molecule has 2 bridgehead atoms. The van der Waals surface area contributed by atoms with Crippen LogP contribution >= 0.6 is 0 Å². The second-order valence-corrected chi connectivity index (χ2v) is 7.04. The van der Waals surface area contributed by atoms with Gasteiger partial charge >= 0.3 is 6.09 Å². The quantitative estimate of drug-likeness (QED) is 0.791. The van der Waals surface area contributed by atoms with Crippen molar-refractivity contribution in [1.29, 1.82) is 0 Å². The fourth-order valence-corrected chi connectivity index (χ4v) is 4.08. The Hall–Kier alpha value is -1.85. The molecule has 134 valence electrons. The molecule has 2 saturated heterocycles. The van der Waals surface area contributed by atoms with E-state index in [1.807, 2.05) is 35.2 Å². The van der Waals surface area contributed by atoms with Crippen molar-refractivity contribution < 1.29 is 19.0 Å². The lowest BCUT2D eigenvalue weighted by molar-refractivity contribution is -0.0396. The molecular weight excluding hydrogens is 318 g/mol. The first kappa shape index (κ1) is 16.6. The first-order valence-electron chi connectivity index (χ1n) is 9.16. The van der Waals surface area contributed by atoms with E-state index in [0.717, 1.165) is 38.0 Å². The highest BCUT2D eigenvalue weighted by atomic mass is 16.6. The molecule has 1 aromatic carbocycles. The molecule has 0 spiro atoms. The van der Waals surface area contributed by atoms with Crippen LogP contribution in [-0.2, 0) is 20.8 Å². The Morgan fingerprint density at radius 2 is 1.92 bits per heavy atom. The van der Waals surface area contributed by atoms with Gasteiger partial charge in [-0.2, -0.15) is 0 Å². The van der Waals surface area contributed by atoms with Gasteiger partial charge in [0.2, 0.25) is 0 Å². The van der Waals surface area contributed by atoms with Crippen molar-refractivity contribution in [2.75, 3.05) is 26.4 Å². The normalized spacial score (nSPS) is 26.9. The minimum atomic E-state index is -0.232. The SMILES string of the molecule is O=C(OCc1ccccc1)N1C2C=C(C3CCOCC3)CC1COC2. The van der Waals surface area contributed by atoms with E-state index in [2.05, 4.69) is 6.08 Å². The highest BCUT2D eigenvalue weighted by molar-refractivity contribution is 5.69. The minimum absolute atomic E-state index is 0.00591. The van der Waals surface area contributed by atoms with Crippen LogP contribution in [-0.4, -0.2) is 49.5 Å². The average Bonchev–Trinajstić information content (AvgIpc) is 2.66. The third-order valence-corrected chi connectivity index (χ3v) is 5.39. The third-order valence-electron chi connectivity index (χ3n) is 5.39. The molecule has 0 aromatic heterocycles. The summed E-state index contributed by atoms with van der Waals surface area (Å²) in [5.74, 6) is 0.597. The molecule has 3 heterocycles. The zero-order chi connectivity index (χ0) is 17.1. The van der Waals surface area contributed by atoms with Gasteiger partial charge in [-0.15, -0.1) is 0 Å². The first-order chi connectivity index (χ1) is 12.3. The van der Waals surface area contributed by atoms with E-state index in [-0.39, 0.29) is 18.2 Å². The van der Waals surface area contributed by atoms with Gasteiger partial charge in [-0.05, 0) is 30.7 Å². The Morgan fingerprint density at radius 1 is 1.12 bits per heavy atom. The third kappa shape index (κ3) is 3.72. The van der Waals surface area contributed by atoms with Gasteiger partial charge in [-0.1, -0.05) is 42.0 Å². The molecular formula is C20H25NO4. The summed E-state index contributed by atoms with van der Waals surface area (Å²) in [4.78, 5) is 14.6. The number of rotatable bonds is 3. The maximum atomic E-state index is 12.7. The number of amides is 1. The fourth-order valence-electron chi connectivity index (χ4n) is 4.08. The van der Waals surface area contributed by atoms with Crippen LogP contribution in [0.1, 0.15) is 24.8 Å². The molecule has 5 nitrogen and oxygen atoms in total. The molecule has 3 aliphatic rings. The number of carbonyl (C=O) groups excluding carboxylic acids is 1. The van der Waals surface area contributed by atoms with Crippen molar-refractivity contribution in [2.45, 2.75) is 38.0 Å². The number of hydrogen-bond donors (Lipinski definition) is 0. The number of fused-ring (bicyclic) bond motifs is 2. The maximum absolute atomic E-state index is 12.7. The van der Waals surface area contributed by atoms with Gasteiger partial charge in [-0.25, -0.2) is 4.79 Å². The van der Waals surface area contributed by atoms with E-state index in [0.29, 0.717) is 25.7 Å². The molecule has 1 amide bonds. The molecule has 2 atom stereocenters. The average molecular weight is 343 g/mol. The summed E-state index contributed by atoms with van der Waals surface area (Å²) in [5, 5.41) is 0. The number of nitrogens with zero attached hydrogens (tertiary/aromatic N) is 1. The number of carbonyl (C=O) groups is 1. The summed E-state index contributed by atoms with van der Waals surface area (Å²) < 4.78 is 16.7. The minimum Gasteiger partial charge on any atom is -0.445 e. The topological polar surface area (TPSA) is 48.0 Å².